The maximum atomic E-state index is 8.01. The van der Waals surface area contributed by atoms with Crippen molar-refractivity contribution in [3.05, 3.63) is 54.6 Å². The van der Waals surface area contributed by atoms with Crippen LogP contribution in [0.4, 0.5) is 5.69 Å². The van der Waals surface area contributed by atoms with Crippen LogP contribution in [-0.2, 0) is 0 Å². The van der Waals surface area contributed by atoms with Crippen LogP contribution in [0.5, 0.6) is 0 Å². The smallest absolute Gasteiger partial charge is 0.0618 e. The van der Waals surface area contributed by atoms with Crippen LogP contribution in [0.2, 0.25) is 0 Å². The molecule has 0 amide bonds. The molecule has 4 rings (SSSR count). The maximum absolute atomic E-state index is 8.01. The lowest BCUT2D eigenvalue weighted by atomic mass is 9.94. The first-order chi connectivity index (χ1) is 8.34. The first-order valence-corrected chi connectivity index (χ1v) is 5.73. The summed E-state index contributed by atoms with van der Waals surface area (Å²) in [6.45, 7) is 0. The number of benzene rings is 4. The van der Waals surface area contributed by atoms with Crippen molar-refractivity contribution >= 4 is 38.0 Å². The minimum Gasteiger partial charge on any atom is -0.300 e. The van der Waals surface area contributed by atoms with Crippen molar-refractivity contribution in [3.8, 4) is 0 Å². The van der Waals surface area contributed by atoms with Gasteiger partial charge in [0.15, 0.2) is 0 Å². The van der Waals surface area contributed by atoms with Gasteiger partial charge >= 0.3 is 0 Å². The minimum atomic E-state index is 0.607. The molecule has 1 N–H and O–H groups in total. The summed E-state index contributed by atoms with van der Waals surface area (Å²) in [6, 6.07) is 18.8. The van der Waals surface area contributed by atoms with Gasteiger partial charge in [0.05, 0.1) is 5.69 Å². The van der Waals surface area contributed by atoms with Gasteiger partial charge in [0.2, 0.25) is 0 Å². The Hall–Kier alpha value is -2.28. The molecule has 0 heterocycles. The van der Waals surface area contributed by atoms with E-state index in [9.17, 15) is 0 Å². The van der Waals surface area contributed by atoms with Crippen LogP contribution in [-0.4, -0.2) is 0 Å². The van der Waals surface area contributed by atoms with E-state index in [4.69, 9.17) is 5.73 Å². The number of hydrogen-bond acceptors (Lipinski definition) is 0. The van der Waals surface area contributed by atoms with Gasteiger partial charge in [0.1, 0.15) is 0 Å². The Morgan fingerprint density at radius 1 is 0.588 bits per heavy atom. The van der Waals surface area contributed by atoms with Gasteiger partial charge in [-0.05, 0) is 33.0 Å². The second kappa shape index (κ2) is 2.89. The molecule has 0 atom stereocenters. The van der Waals surface area contributed by atoms with Gasteiger partial charge in [-0.15, -0.1) is 0 Å². The summed E-state index contributed by atoms with van der Waals surface area (Å²) in [7, 11) is 0. The molecule has 0 aromatic heterocycles. The molecule has 0 unspecified atom stereocenters. The van der Waals surface area contributed by atoms with Crippen molar-refractivity contribution in [3.63, 3.8) is 0 Å². The molecule has 0 saturated heterocycles. The third-order valence-corrected chi connectivity index (χ3v) is 3.53. The highest BCUT2D eigenvalue weighted by atomic mass is 14.5. The predicted molar refractivity (Wildman–Crippen MR) is 72.9 cm³/mol. The average Bonchev–Trinajstić information content (AvgIpc) is 2.38. The number of nitrogens with one attached hydrogen (secondary N) is 1. The molecule has 4 aromatic carbocycles. The minimum absolute atomic E-state index is 0.607. The van der Waals surface area contributed by atoms with Gasteiger partial charge in [0.25, 0.3) is 0 Å². The molecule has 1 radical (unpaired) electrons. The van der Waals surface area contributed by atoms with Crippen molar-refractivity contribution in [1.82, 2.24) is 5.73 Å². The summed E-state index contributed by atoms with van der Waals surface area (Å²) in [5.41, 5.74) is 8.61. The zero-order chi connectivity index (χ0) is 11.4. The van der Waals surface area contributed by atoms with Crippen molar-refractivity contribution in [2.75, 3.05) is 0 Å². The fraction of sp³-hybridized carbons (Fsp3) is 0. The Bertz CT molecular complexity index is 830. The third-order valence-electron chi connectivity index (χ3n) is 3.53. The molecule has 0 aliphatic heterocycles. The Kier molecular flexibility index (Phi) is 1.50. The highest BCUT2D eigenvalue weighted by Gasteiger charge is 2.08. The lowest BCUT2D eigenvalue weighted by Crippen LogP contribution is -1.84. The lowest BCUT2D eigenvalue weighted by Gasteiger charge is -2.11. The predicted octanol–water partition coefficient (Wildman–Crippen LogP) is 4.50. The highest BCUT2D eigenvalue weighted by Crippen LogP contribution is 2.36. The van der Waals surface area contributed by atoms with E-state index in [1.54, 1.807) is 0 Å². The topological polar surface area (TPSA) is 23.8 Å². The number of hydrogen-bond donors (Lipinski definition) is 0. The fourth-order valence-electron chi connectivity index (χ4n) is 2.74. The van der Waals surface area contributed by atoms with Crippen LogP contribution in [0.1, 0.15) is 0 Å². The summed E-state index contributed by atoms with van der Waals surface area (Å²) in [5, 5.41) is 7.30. The molecule has 0 fully saturated rings. The molecule has 0 spiro atoms. The van der Waals surface area contributed by atoms with Gasteiger partial charge in [-0.2, -0.15) is 0 Å². The molecule has 0 aliphatic carbocycles. The fourth-order valence-corrected chi connectivity index (χ4v) is 2.74. The van der Waals surface area contributed by atoms with Gasteiger partial charge in [0, 0.05) is 5.39 Å². The second-order valence-corrected chi connectivity index (χ2v) is 4.47. The quantitative estimate of drug-likeness (QED) is 0.386. The van der Waals surface area contributed by atoms with Crippen molar-refractivity contribution in [1.29, 1.82) is 0 Å². The highest BCUT2D eigenvalue weighted by molar-refractivity contribution is 6.24. The summed E-state index contributed by atoms with van der Waals surface area (Å²) < 4.78 is 0. The molecule has 0 saturated carbocycles. The lowest BCUT2D eigenvalue weighted by molar-refractivity contribution is 1.54. The molecule has 1 nitrogen and oxygen atoms in total. The molecule has 0 bridgehead atoms. The van der Waals surface area contributed by atoms with Gasteiger partial charge in [-0.1, -0.05) is 48.5 Å². The van der Waals surface area contributed by atoms with E-state index >= 15 is 0 Å². The van der Waals surface area contributed by atoms with Crippen molar-refractivity contribution < 1.29 is 0 Å². The van der Waals surface area contributed by atoms with Crippen molar-refractivity contribution in [2.24, 2.45) is 0 Å². The Balaban J connectivity index is 2.48. The summed E-state index contributed by atoms with van der Waals surface area (Å²) in [5.74, 6) is 0. The van der Waals surface area contributed by atoms with E-state index in [-0.39, 0.29) is 0 Å². The molecular weight excluding hydrogens is 206 g/mol. The van der Waals surface area contributed by atoms with E-state index in [0.717, 1.165) is 5.39 Å². The largest absolute Gasteiger partial charge is 0.300 e. The summed E-state index contributed by atoms with van der Waals surface area (Å²) >= 11 is 0. The van der Waals surface area contributed by atoms with Crippen LogP contribution < -0.4 is 5.73 Å². The second-order valence-electron chi connectivity index (χ2n) is 4.47. The van der Waals surface area contributed by atoms with E-state index < -0.39 is 0 Å². The van der Waals surface area contributed by atoms with E-state index in [0.29, 0.717) is 5.69 Å². The Morgan fingerprint density at radius 3 is 1.94 bits per heavy atom. The molecular formula is C16H10N. The number of rotatable bonds is 0. The molecule has 0 aliphatic rings. The molecule has 1 heteroatoms. The molecule has 17 heavy (non-hydrogen) atoms. The summed E-state index contributed by atoms with van der Waals surface area (Å²) in [4.78, 5) is 0. The zero-order valence-corrected chi connectivity index (χ0v) is 9.20. The molecule has 79 valence electrons. The summed E-state index contributed by atoms with van der Waals surface area (Å²) in [6.07, 6.45) is 0. The zero-order valence-electron chi connectivity index (χ0n) is 9.20. The normalized spacial score (nSPS) is 11.8. The first kappa shape index (κ1) is 8.82. The van der Waals surface area contributed by atoms with E-state index in [2.05, 4.69) is 42.5 Å². The first-order valence-electron chi connectivity index (χ1n) is 5.73. The average molecular weight is 216 g/mol. The maximum Gasteiger partial charge on any atom is 0.0618 e. The van der Waals surface area contributed by atoms with Crippen LogP contribution >= 0.6 is 0 Å². The third kappa shape index (κ3) is 1.03. The van der Waals surface area contributed by atoms with Crippen LogP contribution in [0.15, 0.2) is 54.6 Å². The van der Waals surface area contributed by atoms with Crippen LogP contribution in [0.25, 0.3) is 32.3 Å². The van der Waals surface area contributed by atoms with E-state index in [1.165, 1.54) is 26.9 Å². The monoisotopic (exact) mass is 216 g/mol. The van der Waals surface area contributed by atoms with Gasteiger partial charge in [-0.25, -0.2) is 0 Å². The van der Waals surface area contributed by atoms with Crippen LogP contribution in [0.3, 0.4) is 0 Å². The Morgan fingerprint density at radius 2 is 1.18 bits per heavy atom. The van der Waals surface area contributed by atoms with Gasteiger partial charge in [-0.3, -0.25) is 0 Å². The standard InChI is InChI=1S/C16H10N/c17-14-9-7-12-5-4-10-2-1-3-11-6-8-13(14)16(12)15(10)11/h1-9,17H. The van der Waals surface area contributed by atoms with Crippen molar-refractivity contribution in [2.45, 2.75) is 0 Å². The SMILES string of the molecule is [NH]c1ccc2ccc3cccc4ccc1c2c34. The Labute approximate surface area is 98.8 Å². The van der Waals surface area contributed by atoms with E-state index in [1.807, 2.05) is 12.1 Å². The van der Waals surface area contributed by atoms with Crippen LogP contribution in [0, 0.1) is 0 Å². The molecule has 4 aromatic rings. The van der Waals surface area contributed by atoms with Gasteiger partial charge < -0.3 is 5.73 Å².